The molecule has 0 amide bonds. The molecule has 3 aromatic rings. The van der Waals surface area contributed by atoms with Gasteiger partial charge in [-0.25, -0.2) is 18.2 Å². The third kappa shape index (κ3) is 5.89. The van der Waals surface area contributed by atoms with E-state index in [4.69, 9.17) is 9.47 Å². The van der Waals surface area contributed by atoms with E-state index in [0.29, 0.717) is 24.6 Å². The Morgan fingerprint density at radius 3 is 2.53 bits per heavy atom. The number of ether oxygens (including phenoxy) is 2. The van der Waals surface area contributed by atoms with Crippen molar-refractivity contribution in [3.8, 4) is 5.75 Å². The molecular formula is C26H26N4O5S. The highest BCUT2D eigenvalue weighted by Crippen LogP contribution is 2.26. The average molecular weight is 507 g/mol. The van der Waals surface area contributed by atoms with Crippen LogP contribution in [0.3, 0.4) is 0 Å². The maximum absolute atomic E-state index is 13.4. The molecule has 1 heterocycles. The van der Waals surface area contributed by atoms with Gasteiger partial charge < -0.3 is 9.47 Å². The normalized spacial score (nSPS) is 15.4. The molecule has 0 spiro atoms. The third-order valence-electron chi connectivity index (χ3n) is 5.59. The summed E-state index contributed by atoms with van der Waals surface area (Å²) in [4.78, 5) is 16.4. The van der Waals surface area contributed by atoms with Gasteiger partial charge >= 0.3 is 5.97 Å². The summed E-state index contributed by atoms with van der Waals surface area (Å²) in [6.07, 6.45) is 9.70. The van der Waals surface area contributed by atoms with E-state index in [9.17, 15) is 13.2 Å². The van der Waals surface area contributed by atoms with Crippen molar-refractivity contribution in [3.05, 3.63) is 108 Å². The van der Waals surface area contributed by atoms with Crippen LogP contribution in [-0.2, 0) is 32.7 Å². The second-order valence-corrected chi connectivity index (χ2v) is 10.0. The SMILES string of the molecule is COC(=O)C1=CC(Cn2cncn2)C=CC(N(C)S(=O)(=O)c2ccc(OCc3ccccc3)cc2)=C1. The lowest BCUT2D eigenvalue weighted by Crippen LogP contribution is -2.26. The summed E-state index contributed by atoms with van der Waals surface area (Å²) in [5, 5.41) is 4.09. The zero-order valence-corrected chi connectivity index (χ0v) is 20.7. The van der Waals surface area contributed by atoms with Crippen LogP contribution in [0.5, 0.6) is 5.75 Å². The van der Waals surface area contributed by atoms with Gasteiger partial charge in [-0.05, 0) is 42.0 Å². The van der Waals surface area contributed by atoms with Gasteiger partial charge in [-0.1, -0.05) is 42.5 Å². The van der Waals surface area contributed by atoms with Gasteiger partial charge in [-0.15, -0.1) is 0 Å². The van der Waals surface area contributed by atoms with Crippen LogP contribution in [0.1, 0.15) is 5.56 Å². The Bertz CT molecular complexity index is 1380. The molecule has 0 saturated heterocycles. The number of benzene rings is 2. The first kappa shape index (κ1) is 24.9. The van der Waals surface area contributed by atoms with Crippen LogP contribution >= 0.6 is 0 Å². The summed E-state index contributed by atoms with van der Waals surface area (Å²) in [7, 11) is -1.19. The summed E-state index contributed by atoms with van der Waals surface area (Å²) in [5.74, 6) is -0.238. The van der Waals surface area contributed by atoms with Crippen molar-refractivity contribution in [2.75, 3.05) is 14.2 Å². The molecule has 0 N–H and O–H groups in total. The van der Waals surface area contributed by atoms with Crippen molar-refractivity contribution in [1.82, 2.24) is 19.1 Å². The molecule has 1 aliphatic rings. The van der Waals surface area contributed by atoms with Gasteiger partial charge in [0.2, 0.25) is 0 Å². The first-order chi connectivity index (χ1) is 17.4. The molecule has 0 bridgehead atoms. The van der Waals surface area contributed by atoms with Crippen LogP contribution in [0.2, 0.25) is 0 Å². The first-order valence-electron chi connectivity index (χ1n) is 11.1. The van der Waals surface area contributed by atoms with E-state index in [-0.39, 0.29) is 16.4 Å². The Kier molecular flexibility index (Phi) is 7.65. The van der Waals surface area contributed by atoms with Crippen molar-refractivity contribution in [1.29, 1.82) is 0 Å². The van der Waals surface area contributed by atoms with E-state index < -0.39 is 16.0 Å². The van der Waals surface area contributed by atoms with Gasteiger partial charge in [0.15, 0.2) is 0 Å². The van der Waals surface area contributed by atoms with E-state index in [0.717, 1.165) is 9.87 Å². The number of sulfonamides is 1. The molecule has 1 atom stereocenters. The fourth-order valence-electron chi connectivity index (χ4n) is 3.61. The molecule has 0 saturated carbocycles. The van der Waals surface area contributed by atoms with Crippen LogP contribution < -0.4 is 4.74 Å². The number of esters is 1. The van der Waals surface area contributed by atoms with Gasteiger partial charge in [0.25, 0.3) is 10.0 Å². The monoisotopic (exact) mass is 506 g/mol. The zero-order valence-electron chi connectivity index (χ0n) is 19.9. The molecule has 1 aromatic heterocycles. The number of methoxy groups -OCH3 is 1. The highest BCUT2D eigenvalue weighted by molar-refractivity contribution is 7.89. The standard InChI is InChI=1S/C26H26N4O5S/c1-29(23-9-8-21(16-30-19-27-18-28-30)14-22(15-23)26(31)34-2)36(32,33)25-12-10-24(11-13-25)35-17-20-6-4-3-5-7-20/h3-15,18-19,21H,16-17H2,1-2H3. The lowest BCUT2D eigenvalue weighted by molar-refractivity contribution is -0.135. The molecule has 9 nitrogen and oxygen atoms in total. The number of rotatable bonds is 9. The number of allylic oxidation sites excluding steroid dienone is 3. The van der Waals surface area contributed by atoms with Crippen molar-refractivity contribution in [2.24, 2.45) is 5.92 Å². The number of carbonyl (C=O) groups excluding carboxylic acids is 1. The van der Waals surface area contributed by atoms with E-state index in [1.165, 1.54) is 38.7 Å². The van der Waals surface area contributed by atoms with Crippen LogP contribution in [0, 0.1) is 5.92 Å². The van der Waals surface area contributed by atoms with E-state index in [1.807, 2.05) is 36.4 Å². The Morgan fingerprint density at radius 1 is 1.11 bits per heavy atom. The Morgan fingerprint density at radius 2 is 1.86 bits per heavy atom. The number of carbonyl (C=O) groups is 1. The fraction of sp³-hybridized carbons (Fsp3) is 0.192. The molecule has 0 radical (unpaired) electrons. The molecule has 10 heteroatoms. The number of hydrogen-bond donors (Lipinski definition) is 0. The molecular weight excluding hydrogens is 480 g/mol. The predicted molar refractivity (Wildman–Crippen MR) is 133 cm³/mol. The van der Waals surface area contributed by atoms with Gasteiger partial charge in [0.1, 0.15) is 25.0 Å². The maximum Gasteiger partial charge on any atom is 0.337 e. The summed E-state index contributed by atoms with van der Waals surface area (Å²) in [6, 6.07) is 15.9. The molecule has 2 aromatic carbocycles. The number of nitrogens with zero attached hydrogens (tertiary/aromatic N) is 4. The first-order valence-corrected chi connectivity index (χ1v) is 12.6. The summed E-state index contributed by atoms with van der Waals surface area (Å²) in [6.45, 7) is 0.807. The molecule has 186 valence electrons. The summed E-state index contributed by atoms with van der Waals surface area (Å²) >= 11 is 0. The quantitative estimate of drug-likeness (QED) is 0.410. The van der Waals surface area contributed by atoms with E-state index in [1.54, 1.807) is 35.3 Å². The lowest BCUT2D eigenvalue weighted by atomic mass is 10.1. The minimum atomic E-state index is -3.91. The van der Waals surface area contributed by atoms with Crippen LogP contribution in [-0.4, -0.2) is 47.6 Å². The van der Waals surface area contributed by atoms with Crippen LogP contribution in [0.15, 0.2) is 108 Å². The van der Waals surface area contributed by atoms with Crippen LogP contribution in [0.4, 0.5) is 0 Å². The third-order valence-corrected chi connectivity index (χ3v) is 7.39. The predicted octanol–water partition coefficient (Wildman–Crippen LogP) is 3.35. The second-order valence-electron chi connectivity index (χ2n) is 8.04. The van der Waals surface area contributed by atoms with Crippen molar-refractivity contribution >= 4 is 16.0 Å². The average Bonchev–Trinajstić information content (AvgIpc) is 3.32. The van der Waals surface area contributed by atoms with Gasteiger partial charge in [-0.3, -0.25) is 8.99 Å². The minimum absolute atomic E-state index is 0.0957. The molecule has 4 rings (SSSR count). The van der Waals surface area contributed by atoms with Crippen molar-refractivity contribution in [3.63, 3.8) is 0 Å². The highest BCUT2D eigenvalue weighted by atomic mass is 32.2. The summed E-state index contributed by atoms with van der Waals surface area (Å²) in [5.41, 5.74) is 1.57. The Balaban J connectivity index is 1.52. The van der Waals surface area contributed by atoms with Crippen molar-refractivity contribution < 1.29 is 22.7 Å². The van der Waals surface area contributed by atoms with Gasteiger partial charge in [0.05, 0.1) is 29.8 Å². The van der Waals surface area contributed by atoms with E-state index in [2.05, 4.69) is 10.1 Å². The fourth-order valence-corrected chi connectivity index (χ4v) is 4.79. The molecule has 36 heavy (non-hydrogen) atoms. The zero-order chi connectivity index (χ0) is 25.5. The number of likely N-dealkylation sites (N-methyl/N-ethyl adjacent to an activating group) is 1. The summed E-state index contributed by atoms with van der Waals surface area (Å²) < 4.78 is 40.2. The van der Waals surface area contributed by atoms with E-state index >= 15 is 0 Å². The van der Waals surface area contributed by atoms with Gasteiger partial charge in [0, 0.05) is 13.0 Å². The Labute approximate surface area is 210 Å². The van der Waals surface area contributed by atoms with Crippen LogP contribution in [0.25, 0.3) is 0 Å². The molecule has 1 unspecified atom stereocenters. The topological polar surface area (TPSA) is 104 Å². The molecule has 0 fully saturated rings. The van der Waals surface area contributed by atoms with Gasteiger partial charge in [-0.2, -0.15) is 5.10 Å². The number of aromatic nitrogens is 3. The smallest absolute Gasteiger partial charge is 0.337 e. The highest BCUT2D eigenvalue weighted by Gasteiger charge is 2.25. The lowest BCUT2D eigenvalue weighted by Gasteiger charge is -2.21. The van der Waals surface area contributed by atoms with Crippen molar-refractivity contribution in [2.45, 2.75) is 18.0 Å². The molecule has 1 aliphatic carbocycles. The molecule has 0 aliphatic heterocycles. The largest absolute Gasteiger partial charge is 0.489 e. The maximum atomic E-state index is 13.4. The second kappa shape index (κ2) is 11.0. The Hall–Kier alpha value is -4.18. The number of hydrogen-bond acceptors (Lipinski definition) is 7. The minimum Gasteiger partial charge on any atom is -0.489 e.